The average Bonchev–Trinajstić information content (AvgIpc) is 3.13. The molecule has 0 saturated heterocycles. The van der Waals surface area contributed by atoms with Gasteiger partial charge >= 0.3 is 6.18 Å². The molecule has 1 aliphatic heterocycles. The highest BCUT2D eigenvalue weighted by Gasteiger charge is 2.30. The molecule has 3 aromatic rings. The van der Waals surface area contributed by atoms with E-state index in [0.29, 0.717) is 22.2 Å². The second kappa shape index (κ2) is 7.75. The number of nitrogens with one attached hydrogen (secondary N) is 1. The first-order chi connectivity index (χ1) is 13.9. The van der Waals surface area contributed by atoms with Crippen LogP contribution < -0.4 is 14.8 Å². The van der Waals surface area contributed by atoms with E-state index >= 15 is 0 Å². The Bertz CT molecular complexity index is 1040. The van der Waals surface area contributed by atoms with E-state index in [2.05, 4.69) is 10.3 Å². The van der Waals surface area contributed by atoms with Gasteiger partial charge in [0.05, 0.1) is 5.56 Å². The van der Waals surface area contributed by atoms with Gasteiger partial charge in [0.2, 0.25) is 6.10 Å². The van der Waals surface area contributed by atoms with Crippen molar-refractivity contribution in [3.05, 3.63) is 70.7 Å². The lowest BCUT2D eigenvalue weighted by molar-refractivity contribution is -0.137. The number of rotatable bonds is 4. The number of hydrogen-bond donors (Lipinski definition) is 1. The number of anilines is 1. The molecule has 1 N–H and O–H groups in total. The van der Waals surface area contributed by atoms with Crippen LogP contribution in [0.2, 0.25) is 0 Å². The molecule has 0 fully saturated rings. The summed E-state index contributed by atoms with van der Waals surface area (Å²) in [5.41, 5.74) is -0.176. The zero-order valence-electron chi connectivity index (χ0n) is 14.9. The molecule has 0 spiro atoms. The van der Waals surface area contributed by atoms with Crippen molar-refractivity contribution in [3.63, 3.8) is 0 Å². The van der Waals surface area contributed by atoms with Gasteiger partial charge < -0.3 is 9.47 Å². The lowest BCUT2D eigenvalue weighted by Crippen LogP contribution is -2.40. The van der Waals surface area contributed by atoms with E-state index < -0.39 is 23.8 Å². The Labute approximate surface area is 168 Å². The van der Waals surface area contributed by atoms with Crippen molar-refractivity contribution >= 4 is 22.4 Å². The van der Waals surface area contributed by atoms with Gasteiger partial charge in [-0.2, -0.15) is 13.2 Å². The van der Waals surface area contributed by atoms with Crippen LogP contribution in [-0.4, -0.2) is 23.6 Å². The minimum absolute atomic E-state index is 0.0747. The van der Waals surface area contributed by atoms with E-state index in [0.717, 1.165) is 17.0 Å². The first kappa shape index (κ1) is 19.3. The standard InChI is InChI=1S/C20H15F3N2O3S/c21-20(22,23)13-5-3-4-12(8-13)9-14-10-24-19(29-14)25-18(26)17-11-27-15-6-1-2-7-16(15)28-17/h1-8,10,17H,9,11H2,(H,24,25,26)/t17-/m1/s1. The number of thiazole rings is 1. The molecule has 0 aliphatic carbocycles. The number of fused-ring (bicyclic) bond motifs is 1. The van der Waals surface area contributed by atoms with Crippen molar-refractivity contribution in [3.8, 4) is 11.5 Å². The maximum Gasteiger partial charge on any atom is 0.416 e. The molecule has 2 aromatic carbocycles. The minimum atomic E-state index is -4.39. The Hall–Kier alpha value is -3.07. The van der Waals surface area contributed by atoms with Crippen LogP contribution in [0.1, 0.15) is 16.0 Å². The predicted octanol–water partition coefficient (Wildman–Crippen LogP) is 4.53. The Kier molecular flexibility index (Phi) is 5.14. The molecule has 1 amide bonds. The molecule has 4 rings (SSSR count). The minimum Gasteiger partial charge on any atom is -0.485 e. The van der Waals surface area contributed by atoms with Crippen molar-refractivity contribution in [2.24, 2.45) is 0 Å². The number of para-hydroxylation sites is 2. The molecule has 1 aromatic heterocycles. The zero-order chi connectivity index (χ0) is 20.4. The fourth-order valence-electron chi connectivity index (χ4n) is 2.84. The Morgan fingerprint density at radius 3 is 2.76 bits per heavy atom. The third kappa shape index (κ3) is 4.51. The van der Waals surface area contributed by atoms with E-state index in [1.54, 1.807) is 24.3 Å². The van der Waals surface area contributed by atoms with Gasteiger partial charge in [-0.3, -0.25) is 10.1 Å². The molecular weight excluding hydrogens is 405 g/mol. The summed E-state index contributed by atoms with van der Waals surface area (Å²) in [5.74, 6) is 0.664. The van der Waals surface area contributed by atoms with Crippen molar-refractivity contribution in [1.29, 1.82) is 0 Å². The summed E-state index contributed by atoms with van der Waals surface area (Å²) >= 11 is 1.20. The maximum absolute atomic E-state index is 12.8. The number of hydrogen-bond acceptors (Lipinski definition) is 5. The largest absolute Gasteiger partial charge is 0.485 e. The predicted molar refractivity (Wildman–Crippen MR) is 101 cm³/mol. The Morgan fingerprint density at radius 2 is 1.97 bits per heavy atom. The van der Waals surface area contributed by atoms with Crippen molar-refractivity contribution in [2.75, 3.05) is 11.9 Å². The number of halogens is 3. The van der Waals surface area contributed by atoms with E-state index in [1.807, 2.05) is 6.07 Å². The number of alkyl halides is 3. The fourth-order valence-corrected chi connectivity index (χ4v) is 3.69. The van der Waals surface area contributed by atoms with Crippen molar-refractivity contribution in [2.45, 2.75) is 18.7 Å². The van der Waals surface area contributed by atoms with Gasteiger partial charge in [-0.25, -0.2) is 4.98 Å². The van der Waals surface area contributed by atoms with Crippen molar-refractivity contribution in [1.82, 2.24) is 4.98 Å². The molecule has 1 aliphatic rings. The van der Waals surface area contributed by atoms with E-state index in [9.17, 15) is 18.0 Å². The Morgan fingerprint density at radius 1 is 1.17 bits per heavy atom. The highest BCUT2D eigenvalue weighted by atomic mass is 32.1. The summed E-state index contributed by atoms with van der Waals surface area (Å²) in [6.45, 7) is 0.0747. The number of amides is 1. The van der Waals surface area contributed by atoms with Crippen LogP contribution in [-0.2, 0) is 17.4 Å². The second-order valence-corrected chi connectivity index (χ2v) is 7.48. The summed E-state index contributed by atoms with van der Waals surface area (Å²) in [6, 6.07) is 12.2. The van der Waals surface area contributed by atoms with Gasteiger partial charge in [0.1, 0.15) is 6.61 Å². The maximum atomic E-state index is 12.8. The molecule has 9 heteroatoms. The number of benzene rings is 2. The molecular formula is C20H15F3N2O3S. The molecule has 0 unspecified atom stereocenters. The number of aromatic nitrogens is 1. The second-order valence-electron chi connectivity index (χ2n) is 6.36. The highest BCUT2D eigenvalue weighted by molar-refractivity contribution is 7.15. The average molecular weight is 420 g/mol. The molecule has 5 nitrogen and oxygen atoms in total. The zero-order valence-corrected chi connectivity index (χ0v) is 15.7. The number of carbonyl (C=O) groups is 1. The fraction of sp³-hybridized carbons (Fsp3) is 0.200. The van der Waals surface area contributed by atoms with Gasteiger partial charge in [0.15, 0.2) is 16.6 Å². The molecule has 0 radical (unpaired) electrons. The third-order valence-electron chi connectivity index (χ3n) is 4.22. The third-order valence-corrected chi connectivity index (χ3v) is 5.13. The van der Waals surface area contributed by atoms with Crippen LogP contribution in [0.25, 0.3) is 0 Å². The molecule has 1 atom stereocenters. The smallest absolute Gasteiger partial charge is 0.416 e. The molecule has 0 bridgehead atoms. The summed E-state index contributed by atoms with van der Waals surface area (Å²) in [4.78, 5) is 17.3. The summed E-state index contributed by atoms with van der Waals surface area (Å²) < 4.78 is 49.7. The quantitative estimate of drug-likeness (QED) is 0.674. The molecule has 29 heavy (non-hydrogen) atoms. The van der Waals surface area contributed by atoms with Crippen LogP contribution in [0.4, 0.5) is 18.3 Å². The van der Waals surface area contributed by atoms with Crippen LogP contribution in [0.5, 0.6) is 11.5 Å². The van der Waals surface area contributed by atoms with E-state index in [1.165, 1.54) is 23.6 Å². The van der Waals surface area contributed by atoms with Crippen LogP contribution in [0, 0.1) is 0 Å². The van der Waals surface area contributed by atoms with Gasteiger partial charge in [0, 0.05) is 17.5 Å². The lowest BCUT2D eigenvalue weighted by Gasteiger charge is -2.25. The van der Waals surface area contributed by atoms with Gasteiger partial charge in [-0.05, 0) is 23.8 Å². The normalized spacial score (nSPS) is 15.8. The van der Waals surface area contributed by atoms with Gasteiger partial charge in [-0.15, -0.1) is 11.3 Å². The number of carbonyl (C=O) groups excluding carboxylic acids is 1. The first-order valence-corrected chi connectivity index (χ1v) is 9.50. The number of ether oxygens (including phenoxy) is 2. The van der Waals surface area contributed by atoms with Gasteiger partial charge in [-0.1, -0.05) is 30.3 Å². The molecule has 0 saturated carbocycles. The van der Waals surface area contributed by atoms with E-state index in [-0.39, 0.29) is 13.0 Å². The monoisotopic (exact) mass is 420 g/mol. The molecule has 2 heterocycles. The van der Waals surface area contributed by atoms with Crippen LogP contribution in [0.3, 0.4) is 0 Å². The SMILES string of the molecule is O=C(Nc1ncc(Cc2cccc(C(F)(F)F)c2)s1)[C@H]1COc2ccccc2O1. The first-order valence-electron chi connectivity index (χ1n) is 8.69. The summed E-state index contributed by atoms with van der Waals surface area (Å²) in [5, 5.41) is 3.01. The summed E-state index contributed by atoms with van der Waals surface area (Å²) in [7, 11) is 0. The van der Waals surface area contributed by atoms with E-state index in [4.69, 9.17) is 9.47 Å². The highest BCUT2D eigenvalue weighted by Crippen LogP contribution is 2.32. The number of nitrogens with zero attached hydrogens (tertiary/aromatic N) is 1. The van der Waals surface area contributed by atoms with Crippen LogP contribution >= 0.6 is 11.3 Å². The van der Waals surface area contributed by atoms with Crippen molar-refractivity contribution < 1.29 is 27.4 Å². The lowest BCUT2D eigenvalue weighted by atomic mass is 10.1. The topological polar surface area (TPSA) is 60.5 Å². The van der Waals surface area contributed by atoms with Gasteiger partial charge in [0.25, 0.3) is 5.91 Å². The summed E-state index contributed by atoms with van der Waals surface area (Å²) in [6.07, 6.45) is -3.38. The molecule has 150 valence electrons. The Balaban J connectivity index is 1.39. The van der Waals surface area contributed by atoms with Crippen LogP contribution in [0.15, 0.2) is 54.7 Å².